The molecule has 0 radical (unpaired) electrons. The highest BCUT2D eigenvalue weighted by molar-refractivity contribution is 7.19. The van der Waals surface area contributed by atoms with Crippen LogP contribution in [0.25, 0.3) is 21.0 Å². The van der Waals surface area contributed by atoms with Gasteiger partial charge < -0.3 is 9.84 Å². The lowest BCUT2D eigenvalue weighted by Crippen LogP contribution is -2.27. The van der Waals surface area contributed by atoms with Crippen LogP contribution in [0.1, 0.15) is 31.1 Å². The van der Waals surface area contributed by atoms with Crippen LogP contribution in [0, 0.1) is 5.82 Å². The van der Waals surface area contributed by atoms with Gasteiger partial charge in [-0.2, -0.15) is 0 Å². The summed E-state index contributed by atoms with van der Waals surface area (Å²) in [6, 6.07) is 12.5. The maximum atomic E-state index is 14.4. The van der Waals surface area contributed by atoms with Gasteiger partial charge in [0.1, 0.15) is 16.4 Å². The highest BCUT2D eigenvalue weighted by atomic mass is 32.1. The van der Waals surface area contributed by atoms with Crippen molar-refractivity contribution in [2.45, 2.75) is 26.4 Å². The van der Waals surface area contributed by atoms with Crippen LogP contribution < -0.4 is 5.32 Å². The number of carboxylic acid groups (broad SMARTS) is 1. The number of thiazole rings is 1. The van der Waals surface area contributed by atoms with Gasteiger partial charge in [0, 0.05) is 11.1 Å². The van der Waals surface area contributed by atoms with Gasteiger partial charge in [-0.25, -0.2) is 19.0 Å². The number of nitrogens with zero attached hydrogens (tertiary/aromatic N) is 1. The van der Waals surface area contributed by atoms with Gasteiger partial charge in [0.05, 0.1) is 10.4 Å². The number of hydrogen-bond donors (Lipinski definition) is 2. The molecule has 8 heteroatoms. The third kappa shape index (κ3) is 4.78. The number of rotatable bonds is 4. The summed E-state index contributed by atoms with van der Waals surface area (Å²) in [5.41, 5.74) is -0.0446. The highest BCUT2D eigenvalue weighted by Gasteiger charge is 2.23. The molecule has 2 N–H and O–H groups in total. The van der Waals surface area contributed by atoms with Crippen molar-refractivity contribution in [3.8, 4) is 21.0 Å². The minimum absolute atomic E-state index is 0.0603. The average Bonchev–Trinajstić information content (AvgIpc) is 3.03. The van der Waals surface area contributed by atoms with E-state index in [9.17, 15) is 19.1 Å². The lowest BCUT2D eigenvalue weighted by molar-refractivity contribution is 0.0633. The monoisotopic (exact) mass is 414 g/mol. The minimum Gasteiger partial charge on any atom is -0.478 e. The largest absolute Gasteiger partial charge is 0.478 e. The Morgan fingerprint density at radius 2 is 1.69 bits per heavy atom. The average molecular weight is 414 g/mol. The number of aromatic carboxylic acids is 1. The summed E-state index contributed by atoms with van der Waals surface area (Å²) >= 11 is 1.09. The molecule has 0 unspecified atom stereocenters. The predicted molar refractivity (Wildman–Crippen MR) is 110 cm³/mol. The van der Waals surface area contributed by atoms with Crippen molar-refractivity contribution in [3.63, 3.8) is 0 Å². The molecule has 0 spiro atoms. The van der Waals surface area contributed by atoms with Crippen LogP contribution in [0.5, 0.6) is 0 Å². The topological polar surface area (TPSA) is 88.5 Å². The van der Waals surface area contributed by atoms with Gasteiger partial charge in [0.25, 0.3) is 0 Å². The summed E-state index contributed by atoms with van der Waals surface area (Å²) in [7, 11) is 0. The van der Waals surface area contributed by atoms with E-state index in [1.54, 1.807) is 57.2 Å². The Kier molecular flexibility index (Phi) is 5.65. The zero-order chi connectivity index (χ0) is 21.2. The second-order valence-electron chi connectivity index (χ2n) is 7.15. The molecule has 0 saturated heterocycles. The van der Waals surface area contributed by atoms with E-state index in [0.717, 1.165) is 11.3 Å². The van der Waals surface area contributed by atoms with E-state index < -0.39 is 23.5 Å². The normalized spacial score (nSPS) is 11.2. The summed E-state index contributed by atoms with van der Waals surface area (Å²) in [5, 5.41) is 12.4. The molecular formula is C21H19FN2O4S. The Bertz CT molecular complexity index is 1070. The maximum Gasteiger partial charge on any atom is 0.413 e. The first-order valence-electron chi connectivity index (χ1n) is 8.74. The van der Waals surface area contributed by atoms with Gasteiger partial charge in [-0.1, -0.05) is 36.4 Å². The summed E-state index contributed by atoms with van der Waals surface area (Å²) in [4.78, 5) is 28.6. The molecule has 0 aliphatic heterocycles. The van der Waals surface area contributed by atoms with Crippen molar-refractivity contribution >= 4 is 29.2 Å². The van der Waals surface area contributed by atoms with E-state index in [2.05, 4.69) is 10.3 Å². The van der Waals surface area contributed by atoms with Gasteiger partial charge in [0.15, 0.2) is 5.82 Å². The Hall–Kier alpha value is -3.26. The smallest absolute Gasteiger partial charge is 0.413 e. The van der Waals surface area contributed by atoms with E-state index in [4.69, 9.17) is 4.74 Å². The molecule has 0 aliphatic rings. The summed E-state index contributed by atoms with van der Waals surface area (Å²) < 4.78 is 19.7. The van der Waals surface area contributed by atoms with Gasteiger partial charge >= 0.3 is 12.1 Å². The van der Waals surface area contributed by atoms with Gasteiger partial charge in [-0.3, -0.25) is 5.32 Å². The Morgan fingerprint density at radius 1 is 1.07 bits per heavy atom. The van der Waals surface area contributed by atoms with Crippen LogP contribution in [0.2, 0.25) is 0 Å². The van der Waals surface area contributed by atoms with Crippen LogP contribution in [-0.4, -0.2) is 27.8 Å². The highest BCUT2D eigenvalue weighted by Crippen LogP contribution is 2.40. The van der Waals surface area contributed by atoms with Crippen LogP contribution in [0.15, 0.2) is 48.5 Å². The Morgan fingerprint density at radius 3 is 2.31 bits per heavy atom. The molecule has 1 heterocycles. The molecule has 2 aromatic carbocycles. The second-order valence-corrected chi connectivity index (χ2v) is 8.15. The number of ether oxygens (including phenoxy) is 1. The van der Waals surface area contributed by atoms with Gasteiger partial charge in [-0.15, -0.1) is 11.3 Å². The predicted octanol–water partition coefficient (Wildman–Crippen LogP) is 5.66. The minimum atomic E-state index is -1.11. The van der Waals surface area contributed by atoms with Crippen molar-refractivity contribution < 1.29 is 23.8 Å². The molecular weight excluding hydrogens is 395 g/mol. The number of benzene rings is 2. The first-order chi connectivity index (χ1) is 13.7. The zero-order valence-electron chi connectivity index (χ0n) is 16.0. The molecule has 1 amide bonds. The Balaban J connectivity index is 2.11. The molecule has 0 fully saturated rings. The number of carboxylic acids is 1. The van der Waals surface area contributed by atoms with Crippen molar-refractivity contribution in [1.82, 2.24) is 4.98 Å². The molecule has 0 saturated carbocycles. The number of carbonyl (C=O) groups is 2. The molecule has 29 heavy (non-hydrogen) atoms. The quantitative estimate of drug-likeness (QED) is 0.575. The SMILES string of the molecule is CC(C)(C)OC(=O)Nc1nc(-c2ccccc2C(=O)O)sc1-c1ccccc1F. The molecule has 1 aromatic heterocycles. The molecule has 0 atom stereocenters. The van der Waals surface area contributed by atoms with E-state index >= 15 is 0 Å². The number of aromatic nitrogens is 1. The van der Waals surface area contributed by atoms with E-state index in [1.165, 1.54) is 12.1 Å². The molecule has 3 rings (SSSR count). The lowest BCUT2D eigenvalue weighted by atomic mass is 10.1. The fraction of sp³-hybridized carbons (Fsp3) is 0.190. The van der Waals surface area contributed by atoms with E-state index in [-0.39, 0.29) is 16.9 Å². The zero-order valence-corrected chi connectivity index (χ0v) is 16.8. The standard InChI is InChI=1S/C21H19FN2O4S/c1-21(2,3)28-20(27)24-17-16(14-10-6-7-11-15(14)22)29-18(23-17)12-8-4-5-9-13(12)19(25)26/h4-11H,1-3H3,(H,24,27)(H,25,26). The first-order valence-corrected chi connectivity index (χ1v) is 9.56. The summed E-state index contributed by atoms with van der Waals surface area (Å²) in [5.74, 6) is -1.49. The number of anilines is 1. The Labute approximate surface area is 171 Å². The molecule has 0 aliphatic carbocycles. The third-order valence-corrected chi connectivity index (χ3v) is 4.87. The van der Waals surface area contributed by atoms with Gasteiger partial charge in [0.2, 0.25) is 0 Å². The van der Waals surface area contributed by atoms with Crippen LogP contribution in [0.4, 0.5) is 15.0 Å². The molecule has 3 aromatic rings. The fourth-order valence-electron chi connectivity index (χ4n) is 2.60. The first kappa shape index (κ1) is 20.5. The van der Waals surface area contributed by atoms with Crippen LogP contribution in [0.3, 0.4) is 0 Å². The maximum absolute atomic E-state index is 14.4. The number of nitrogens with one attached hydrogen (secondary N) is 1. The van der Waals surface area contributed by atoms with E-state index in [1.807, 2.05) is 0 Å². The number of halogens is 1. The van der Waals surface area contributed by atoms with Crippen molar-refractivity contribution in [2.24, 2.45) is 0 Å². The van der Waals surface area contributed by atoms with Crippen LogP contribution in [-0.2, 0) is 4.74 Å². The number of carbonyl (C=O) groups excluding carboxylic acids is 1. The van der Waals surface area contributed by atoms with Crippen molar-refractivity contribution in [2.75, 3.05) is 5.32 Å². The lowest BCUT2D eigenvalue weighted by Gasteiger charge is -2.19. The number of amides is 1. The molecule has 150 valence electrons. The third-order valence-electron chi connectivity index (χ3n) is 3.75. The van der Waals surface area contributed by atoms with Crippen molar-refractivity contribution in [3.05, 3.63) is 59.9 Å². The van der Waals surface area contributed by atoms with Crippen molar-refractivity contribution in [1.29, 1.82) is 0 Å². The second kappa shape index (κ2) is 8.00. The fourth-order valence-corrected chi connectivity index (χ4v) is 3.69. The molecule has 6 nitrogen and oxygen atoms in total. The van der Waals surface area contributed by atoms with Crippen LogP contribution >= 0.6 is 11.3 Å². The molecule has 0 bridgehead atoms. The summed E-state index contributed by atoms with van der Waals surface area (Å²) in [6.45, 7) is 5.17. The van der Waals surface area contributed by atoms with Gasteiger partial charge in [-0.05, 0) is 32.9 Å². The summed E-state index contributed by atoms with van der Waals surface area (Å²) in [6.07, 6.45) is -0.738. The van der Waals surface area contributed by atoms with E-state index in [0.29, 0.717) is 15.4 Å². The number of hydrogen-bond acceptors (Lipinski definition) is 5.